The molecule has 0 heterocycles. The maximum atomic E-state index is 11.9. The zero-order chi connectivity index (χ0) is 11.6. The second-order valence-electron chi connectivity index (χ2n) is 4.49. The van der Waals surface area contributed by atoms with Gasteiger partial charge in [-0.15, -0.1) is 0 Å². The minimum atomic E-state index is -3.31. The average molecular weight is 239 g/mol. The Morgan fingerprint density at radius 2 is 1.88 bits per heavy atom. The van der Waals surface area contributed by atoms with Crippen LogP contribution in [0.15, 0.2) is 35.2 Å². The van der Waals surface area contributed by atoms with E-state index in [2.05, 4.69) is 11.6 Å². The van der Waals surface area contributed by atoms with Crippen LogP contribution in [0, 0.1) is 5.41 Å². The molecule has 0 amide bonds. The lowest BCUT2D eigenvalue weighted by Gasteiger charge is -2.13. The largest absolute Gasteiger partial charge is 0.240 e. The van der Waals surface area contributed by atoms with Gasteiger partial charge in [0, 0.05) is 6.54 Å². The van der Waals surface area contributed by atoms with E-state index in [9.17, 15) is 8.42 Å². The summed E-state index contributed by atoms with van der Waals surface area (Å²) in [6, 6.07) is 8.53. The van der Waals surface area contributed by atoms with Crippen LogP contribution in [-0.4, -0.2) is 15.0 Å². The van der Waals surface area contributed by atoms with E-state index in [1.807, 2.05) is 6.07 Å². The number of nitrogens with one attached hydrogen (secondary N) is 1. The van der Waals surface area contributed by atoms with E-state index < -0.39 is 10.0 Å². The van der Waals surface area contributed by atoms with Crippen molar-refractivity contribution in [3.8, 4) is 0 Å². The Morgan fingerprint density at radius 3 is 2.38 bits per heavy atom. The maximum Gasteiger partial charge on any atom is 0.240 e. The highest BCUT2D eigenvalue weighted by atomic mass is 32.2. The van der Waals surface area contributed by atoms with Gasteiger partial charge in [0.1, 0.15) is 0 Å². The molecule has 88 valence electrons. The Bertz CT molecular complexity index is 449. The van der Waals surface area contributed by atoms with Crippen molar-refractivity contribution < 1.29 is 8.42 Å². The summed E-state index contributed by atoms with van der Waals surface area (Å²) in [5, 5.41) is 0. The number of hydrogen-bond donors (Lipinski definition) is 1. The summed E-state index contributed by atoms with van der Waals surface area (Å²) in [6.45, 7) is 2.69. The molecule has 0 radical (unpaired) electrons. The molecule has 1 saturated carbocycles. The van der Waals surface area contributed by atoms with Crippen LogP contribution >= 0.6 is 0 Å². The molecule has 1 aromatic carbocycles. The molecule has 0 aliphatic heterocycles. The van der Waals surface area contributed by atoms with Crippen LogP contribution in [0.2, 0.25) is 0 Å². The van der Waals surface area contributed by atoms with Gasteiger partial charge in [-0.25, -0.2) is 13.1 Å². The lowest BCUT2D eigenvalue weighted by atomic mass is 10.1. The van der Waals surface area contributed by atoms with Gasteiger partial charge in [0.25, 0.3) is 0 Å². The Hall–Kier alpha value is -0.870. The van der Waals surface area contributed by atoms with Crippen molar-refractivity contribution in [3.63, 3.8) is 0 Å². The van der Waals surface area contributed by atoms with Gasteiger partial charge in [-0.05, 0) is 36.8 Å². The topological polar surface area (TPSA) is 46.2 Å². The van der Waals surface area contributed by atoms with Crippen LogP contribution in [0.5, 0.6) is 0 Å². The predicted octanol–water partition coefficient (Wildman–Crippen LogP) is 2.16. The molecule has 0 saturated heterocycles. The third kappa shape index (κ3) is 2.44. The van der Waals surface area contributed by atoms with E-state index in [4.69, 9.17) is 0 Å². The Morgan fingerprint density at radius 1 is 1.25 bits per heavy atom. The van der Waals surface area contributed by atoms with E-state index in [1.54, 1.807) is 24.3 Å². The SMILES string of the molecule is CCC1(CNS(=O)(=O)c2ccccc2)CC1. The molecule has 2 rings (SSSR count). The second kappa shape index (κ2) is 4.18. The molecule has 0 unspecified atom stereocenters. The van der Waals surface area contributed by atoms with Crippen LogP contribution in [0.25, 0.3) is 0 Å². The highest BCUT2D eigenvalue weighted by molar-refractivity contribution is 7.89. The molecule has 0 aromatic heterocycles. The monoisotopic (exact) mass is 239 g/mol. The van der Waals surface area contributed by atoms with Gasteiger partial charge in [0.15, 0.2) is 0 Å². The van der Waals surface area contributed by atoms with Crippen LogP contribution in [0.3, 0.4) is 0 Å². The number of benzene rings is 1. The van der Waals surface area contributed by atoms with Crippen LogP contribution in [0.4, 0.5) is 0 Å². The Labute approximate surface area is 96.9 Å². The van der Waals surface area contributed by atoms with Crippen molar-refractivity contribution >= 4 is 10.0 Å². The van der Waals surface area contributed by atoms with Gasteiger partial charge in [-0.2, -0.15) is 0 Å². The van der Waals surface area contributed by atoms with Crippen molar-refractivity contribution in [2.75, 3.05) is 6.54 Å². The summed E-state index contributed by atoms with van der Waals surface area (Å²) >= 11 is 0. The lowest BCUT2D eigenvalue weighted by Crippen LogP contribution is -2.30. The molecule has 16 heavy (non-hydrogen) atoms. The fourth-order valence-electron chi connectivity index (χ4n) is 1.76. The molecular weight excluding hydrogens is 222 g/mol. The first-order chi connectivity index (χ1) is 7.58. The summed E-state index contributed by atoms with van der Waals surface area (Å²) in [4.78, 5) is 0.349. The zero-order valence-electron chi connectivity index (χ0n) is 9.44. The van der Waals surface area contributed by atoms with E-state index in [0.717, 1.165) is 19.3 Å². The summed E-state index contributed by atoms with van der Waals surface area (Å²) in [5.41, 5.74) is 0.238. The van der Waals surface area contributed by atoms with Gasteiger partial charge >= 0.3 is 0 Å². The minimum Gasteiger partial charge on any atom is -0.211 e. The Balaban J connectivity index is 2.04. The summed E-state index contributed by atoms with van der Waals surface area (Å²) in [5.74, 6) is 0. The maximum absolute atomic E-state index is 11.9. The molecule has 0 bridgehead atoms. The third-order valence-corrected chi connectivity index (χ3v) is 4.81. The van der Waals surface area contributed by atoms with Gasteiger partial charge in [-0.3, -0.25) is 0 Å². The highest BCUT2D eigenvalue weighted by Crippen LogP contribution is 2.48. The zero-order valence-corrected chi connectivity index (χ0v) is 10.3. The molecule has 4 heteroatoms. The number of hydrogen-bond acceptors (Lipinski definition) is 2. The fourth-order valence-corrected chi connectivity index (χ4v) is 2.94. The lowest BCUT2D eigenvalue weighted by molar-refractivity contribution is 0.475. The van der Waals surface area contributed by atoms with Gasteiger partial charge < -0.3 is 0 Å². The van der Waals surface area contributed by atoms with E-state index in [0.29, 0.717) is 11.4 Å². The smallest absolute Gasteiger partial charge is 0.211 e. The molecule has 1 aliphatic carbocycles. The third-order valence-electron chi connectivity index (χ3n) is 3.40. The molecule has 3 nitrogen and oxygen atoms in total. The normalized spacial score (nSPS) is 18.3. The highest BCUT2D eigenvalue weighted by Gasteiger charge is 2.41. The van der Waals surface area contributed by atoms with Crippen molar-refractivity contribution in [2.45, 2.75) is 31.1 Å². The van der Waals surface area contributed by atoms with Crippen molar-refractivity contribution in [1.82, 2.24) is 4.72 Å². The second-order valence-corrected chi connectivity index (χ2v) is 6.26. The molecule has 1 fully saturated rings. The summed E-state index contributed by atoms with van der Waals surface area (Å²) in [7, 11) is -3.31. The van der Waals surface area contributed by atoms with E-state index in [-0.39, 0.29) is 5.41 Å². The molecule has 0 spiro atoms. The quantitative estimate of drug-likeness (QED) is 0.855. The minimum absolute atomic E-state index is 0.238. The van der Waals surface area contributed by atoms with E-state index in [1.165, 1.54) is 0 Å². The molecule has 0 atom stereocenters. The van der Waals surface area contributed by atoms with Crippen molar-refractivity contribution in [2.24, 2.45) is 5.41 Å². The van der Waals surface area contributed by atoms with Crippen LogP contribution in [0.1, 0.15) is 26.2 Å². The Kier molecular flexibility index (Phi) is 3.04. The van der Waals surface area contributed by atoms with Gasteiger partial charge in [0.2, 0.25) is 10.0 Å². The summed E-state index contributed by atoms with van der Waals surface area (Å²) < 4.78 is 26.5. The van der Waals surface area contributed by atoms with Crippen molar-refractivity contribution in [1.29, 1.82) is 0 Å². The first-order valence-electron chi connectivity index (χ1n) is 5.63. The van der Waals surface area contributed by atoms with Gasteiger partial charge in [0.05, 0.1) is 4.90 Å². The standard InChI is InChI=1S/C12H17NO2S/c1-2-12(8-9-12)10-13-16(14,15)11-6-4-3-5-7-11/h3-7,13H,2,8-10H2,1H3. The predicted molar refractivity (Wildman–Crippen MR) is 63.6 cm³/mol. The number of rotatable bonds is 5. The van der Waals surface area contributed by atoms with Crippen LogP contribution in [-0.2, 0) is 10.0 Å². The van der Waals surface area contributed by atoms with Crippen molar-refractivity contribution in [3.05, 3.63) is 30.3 Å². The first kappa shape index (κ1) is 11.6. The van der Waals surface area contributed by atoms with E-state index >= 15 is 0 Å². The van der Waals surface area contributed by atoms with Crippen LogP contribution < -0.4 is 4.72 Å². The molecule has 1 aromatic rings. The average Bonchev–Trinajstić information content (AvgIpc) is 3.09. The van der Waals surface area contributed by atoms with Gasteiger partial charge in [-0.1, -0.05) is 25.1 Å². The first-order valence-corrected chi connectivity index (χ1v) is 7.11. The molecular formula is C12H17NO2S. The molecule has 1 N–H and O–H groups in total. The summed E-state index contributed by atoms with van der Waals surface area (Å²) in [6.07, 6.45) is 3.33. The fraction of sp³-hybridized carbons (Fsp3) is 0.500. The molecule has 1 aliphatic rings. The number of sulfonamides is 1.